The van der Waals surface area contributed by atoms with Crippen LogP contribution in [0.4, 0.5) is 0 Å². The van der Waals surface area contributed by atoms with E-state index in [0.717, 1.165) is 0 Å². The van der Waals surface area contributed by atoms with Crippen molar-refractivity contribution in [2.24, 2.45) is 0 Å². The van der Waals surface area contributed by atoms with E-state index in [0.29, 0.717) is 12.1 Å². The van der Waals surface area contributed by atoms with Gasteiger partial charge >= 0.3 is 35.5 Å². The molecule has 0 aromatic carbocycles. The van der Waals surface area contributed by atoms with Crippen molar-refractivity contribution in [3.63, 3.8) is 0 Å². The molecule has 0 aliphatic carbocycles. The van der Waals surface area contributed by atoms with Gasteiger partial charge in [-0.1, -0.05) is 0 Å². The van der Waals surface area contributed by atoms with E-state index < -0.39 is 24.2 Å². The first kappa shape index (κ1) is 16.0. The van der Waals surface area contributed by atoms with E-state index in [4.69, 9.17) is 9.84 Å². The zero-order valence-corrected chi connectivity index (χ0v) is 12.7. The van der Waals surface area contributed by atoms with Crippen molar-refractivity contribution in [1.82, 2.24) is 4.90 Å². The summed E-state index contributed by atoms with van der Waals surface area (Å²) < 4.78 is 9.81. The predicted octanol–water partition coefficient (Wildman–Crippen LogP) is -4.90. The number of aliphatic hydroxyl groups excluding tert-OH is 1. The fourth-order valence-corrected chi connectivity index (χ4v) is 2.05. The van der Waals surface area contributed by atoms with E-state index >= 15 is 0 Å². The topological polar surface area (TPSA) is 99.1 Å². The SMILES string of the molecule is COC(=O)/C=C1/C[C@H]2O/C(=C\CO)[C@H](C(=O)[O-])N12.[Na+]. The first-order valence-corrected chi connectivity index (χ1v) is 5.33. The maximum atomic E-state index is 11.1. The predicted molar refractivity (Wildman–Crippen MR) is 55.4 cm³/mol. The number of aliphatic hydroxyl groups is 1. The normalized spacial score (nSPS) is 28.2. The standard InChI is InChI=1S/C11H13NO6.Na/c1-17-9(14)5-6-4-8-12(6)10(11(15)16)7(18-8)2-3-13;/h2,5,8,10,13H,3-4H2,1H3,(H,15,16);/q;+1/p-1/b6-5-,7-2-;/t8-,10-;/m1./s1. The molecule has 2 saturated heterocycles. The fourth-order valence-electron chi connectivity index (χ4n) is 2.05. The van der Waals surface area contributed by atoms with Crippen molar-refractivity contribution in [2.45, 2.75) is 18.7 Å². The van der Waals surface area contributed by atoms with Gasteiger partial charge in [0, 0.05) is 18.2 Å². The Hall–Kier alpha value is -1.02. The second-order valence-corrected chi connectivity index (χ2v) is 3.85. The van der Waals surface area contributed by atoms with E-state index in [-0.39, 0.29) is 41.9 Å². The Morgan fingerprint density at radius 1 is 1.63 bits per heavy atom. The van der Waals surface area contributed by atoms with Crippen LogP contribution in [-0.4, -0.2) is 47.9 Å². The molecule has 0 aromatic rings. The van der Waals surface area contributed by atoms with E-state index in [1.807, 2.05) is 0 Å². The molecule has 0 unspecified atom stereocenters. The zero-order chi connectivity index (χ0) is 13.3. The Morgan fingerprint density at radius 2 is 2.32 bits per heavy atom. The average Bonchev–Trinajstić information content (AvgIpc) is 2.60. The molecular weight excluding hydrogens is 265 g/mol. The van der Waals surface area contributed by atoms with Crippen LogP contribution >= 0.6 is 0 Å². The van der Waals surface area contributed by atoms with Crippen molar-refractivity contribution in [2.75, 3.05) is 13.7 Å². The van der Waals surface area contributed by atoms with Gasteiger partial charge in [0.1, 0.15) is 11.8 Å². The molecule has 0 amide bonds. The number of nitrogens with zero attached hydrogens (tertiary/aromatic N) is 1. The van der Waals surface area contributed by atoms with E-state index in [1.54, 1.807) is 0 Å². The van der Waals surface area contributed by atoms with Gasteiger partial charge in [-0.3, -0.25) is 0 Å². The van der Waals surface area contributed by atoms with Gasteiger partial charge in [-0.15, -0.1) is 0 Å². The van der Waals surface area contributed by atoms with E-state index in [9.17, 15) is 14.7 Å². The molecule has 0 radical (unpaired) electrons. The first-order chi connectivity index (χ1) is 8.58. The first-order valence-electron chi connectivity index (χ1n) is 5.33. The van der Waals surface area contributed by atoms with Crippen LogP contribution in [0.5, 0.6) is 0 Å². The van der Waals surface area contributed by atoms with Gasteiger partial charge in [0.15, 0.2) is 6.23 Å². The van der Waals surface area contributed by atoms with Crippen molar-refractivity contribution < 1.29 is 58.8 Å². The van der Waals surface area contributed by atoms with Gasteiger partial charge in [-0.05, 0) is 6.08 Å². The maximum absolute atomic E-state index is 11.1. The smallest absolute Gasteiger partial charge is 0.547 e. The largest absolute Gasteiger partial charge is 1.00 e. The van der Waals surface area contributed by atoms with Crippen LogP contribution in [0.15, 0.2) is 23.6 Å². The number of esters is 1. The number of carbonyl (C=O) groups is 2. The fraction of sp³-hybridized carbons (Fsp3) is 0.455. The van der Waals surface area contributed by atoms with Crippen molar-refractivity contribution in [3.05, 3.63) is 23.6 Å². The molecule has 98 valence electrons. The third kappa shape index (κ3) is 2.94. The molecule has 2 atom stereocenters. The van der Waals surface area contributed by atoms with Gasteiger partial charge in [-0.25, -0.2) is 4.79 Å². The van der Waals surface area contributed by atoms with Gasteiger partial charge in [0.05, 0.1) is 19.7 Å². The van der Waals surface area contributed by atoms with Crippen molar-refractivity contribution in [3.8, 4) is 0 Å². The molecule has 7 nitrogen and oxygen atoms in total. The van der Waals surface area contributed by atoms with Gasteiger partial charge in [-0.2, -0.15) is 0 Å². The number of hydrogen-bond acceptors (Lipinski definition) is 7. The van der Waals surface area contributed by atoms with Crippen LogP contribution in [0.25, 0.3) is 0 Å². The van der Waals surface area contributed by atoms with E-state index in [1.165, 1.54) is 24.2 Å². The Balaban J connectivity index is 0.00000180. The second-order valence-electron chi connectivity index (χ2n) is 3.85. The van der Waals surface area contributed by atoms with Crippen LogP contribution < -0.4 is 34.7 Å². The summed E-state index contributed by atoms with van der Waals surface area (Å²) in [6.45, 7) is -0.324. The number of aliphatic carboxylic acids is 1. The summed E-state index contributed by atoms with van der Waals surface area (Å²) in [6, 6.07) is -1.10. The third-order valence-corrected chi connectivity index (χ3v) is 2.85. The molecule has 2 fully saturated rings. The Labute approximate surface area is 131 Å². The van der Waals surface area contributed by atoms with Crippen LogP contribution in [0.1, 0.15) is 6.42 Å². The molecule has 19 heavy (non-hydrogen) atoms. The number of carbonyl (C=O) groups excluding carboxylic acids is 2. The summed E-state index contributed by atoms with van der Waals surface area (Å²) in [5.41, 5.74) is 0.516. The van der Waals surface area contributed by atoms with Crippen molar-refractivity contribution >= 4 is 11.9 Å². The third-order valence-electron chi connectivity index (χ3n) is 2.85. The number of carboxylic acid groups (broad SMARTS) is 1. The van der Waals surface area contributed by atoms with E-state index in [2.05, 4.69) is 4.74 Å². The minimum Gasteiger partial charge on any atom is -0.547 e. The molecule has 0 aromatic heterocycles. The average molecular weight is 277 g/mol. The summed E-state index contributed by atoms with van der Waals surface area (Å²) in [4.78, 5) is 23.6. The summed E-state index contributed by atoms with van der Waals surface area (Å²) in [5.74, 6) is -1.76. The number of methoxy groups -OCH3 is 1. The number of hydrogen-bond donors (Lipinski definition) is 1. The summed E-state index contributed by atoms with van der Waals surface area (Å²) in [7, 11) is 1.24. The molecule has 2 aliphatic heterocycles. The number of rotatable bonds is 3. The second kappa shape index (κ2) is 6.42. The van der Waals surface area contributed by atoms with Crippen LogP contribution in [0.3, 0.4) is 0 Å². The maximum Gasteiger partial charge on any atom is 1.00 e. The molecule has 8 heteroatoms. The minimum absolute atomic E-state index is 0. The number of fused-ring (bicyclic) bond motifs is 1. The number of carboxylic acids is 1. The van der Waals surface area contributed by atoms with Gasteiger partial charge in [0.25, 0.3) is 0 Å². The molecular formula is C11H12NNaO6. The molecule has 2 aliphatic rings. The quantitative estimate of drug-likeness (QED) is 0.313. The molecule has 2 rings (SSSR count). The summed E-state index contributed by atoms with van der Waals surface area (Å²) in [6.07, 6.45) is 2.48. The van der Waals surface area contributed by atoms with Crippen molar-refractivity contribution in [1.29, 1.82) is 0 Å². The van der Waals surface area contributed by atoms with Crippen LogP contribution in [0, 0.1) is 0 Å². The summed E-state index contributed by atoms with van der Waals surface area (Å²) in [5, 5.41) is 19.9. The molecule has 2 heterocycles. The van der Waals surface area contributed by atoms with Crippen LogP contribution in [-0.2, 0) is 19.1 Å². The molecule has 0 bridgehead atoms. The van der Waals surface area contributed by atoms with Crippen LogP contribution in [0.2, 0.25) is 0 Å². The summed E-state index contributed by atoms with van der Waals surface area (Å²) >= 11 is 0. The minimum atomic E-state index is -1.34. The molecule has 0 spiro atoms. The zero-order valence-electron chi connectivity index (χ0n) is 10.7. The Bertz CT molecular complexity index is 446. The number of ether oxygens (including phenoxy) is 2. The van der Waals surface area contributed by atoms with Gasteiger partial charge < -0.3 is 29.4 Å². The Kier molecular flexibility index (Phi) is 5.42. The Morgan fingerprint density at radius 3 is 2.84 bits per heavy atom. The van der Waals surface area contributed by atoms with Gasteiger partial charge in [0.2, 0.25) is 0 Å². The molecule has 1 N–H and O–H groups in total. The monoisotopic (exact) mass is 277 g/mol. The molecule has 0 saturated carbocycles.